The first-order chi connectivity index (χ1) is 14.2. The Labute approximate surface area is 177 Å². The molecular weight excluding hydrogens is 404 g/mol. The molecule has 1 saturated heterocycles. The fourth-order valence-corrected chi connectivity index (χ4v) is 4.95. The lowest BCUT2D eigenvalue weighted by Gasteiger charge is -2.31. The summed E-state index contributed by atoms with van der Waals surface area (Å²) in [7, 11) is -3.55. The largest absolute Gasteiger partial charge is 0.427 e. The Balaban J connectivity index is 1.61. The first-order valence-corrected chi connectivity index (χ1v) is 11.3. The van der Waals surface area contributed by atoms with E-state index in [1.165, 1.54) is 17.3 Å². The predicted molar refractivity (Wildman–Crippen MR) is 113 cm³/mol. The monoisotopic (exact) mass is 430 g/mol. The maximum atomic E-state index is 12.9. The predicted octanol–water partition coefficient (Wildman–Crippen LogP) is 2.81. The van der Waals surface area contributed by atoms with Crippen LogP contribution in [0.4, 0.5) is 0 Å². The van der Waals surface area contributed by atoms with Crippen molar-refractivity contribution in [3.8, 4) is 5.75 Å². The van der Waals surface area contributed by atoms with Gasteiger partial charge in [0, 0.05) is 31.6 Å². The van der Waals surface area contributed by atoms with Gasteiger partial charge in [-0.05, 0) is 68.1 Å². The number of sulfonamides is 1. The molecule has 0 aromatic heterocycles. The summed E-state index contributed by atoms with van der Waals surface area (Å²) in [6.45, 7) is 5.82. The Morgan fingerprint density at radius 1 is 1.03 bits per heavy atom. The topological polar surface area (TPSA) is 92.8 Å². The van der Waals surface area contributed by atoms with Gasteiger partial charge in [0.25, 0.3) is 5.91 Å². The number of rotatable bonds is 5. The molecule has 1 fully saturated rings. The minimum Gasteiger partial charge on any atom is -0.427 e. The fraction of sp³-hybridized carbons (Fsp3) is 0.364. The molecule has 0 unspecified atom stereocenters. The molecule has 0 bridgehead atoms. The molecule has 1 heterocycles. The van der Waals surface area contributed by atoms with Gasteiger partial charge >= 0.3 is 5.97 Å². The van der Waals surface area contributed by atoms with E-state index in [0.29, 0.717) is 42.1 Å². The van der Waals surface area contributed by atoms with Gasteiger partial charge in [-0.3, -0.25) is 9.59 Å². The quantitative estimate of drug-likeness (QED) is 0.582. The molecule has 0 atom stereocenters. The summed E-state index contributed by atoms with van der Waals surface area (Å²) >= 11 is 0. The van der Waals surface area contributed by atoms with Gasteiger partial charge in [0.05, 0.1) is 4.90 Å². The summed E-state index contributed by atoms with van der Waals surface area (Å²) in [6, 6.07) is 11.4. The number of hydrogen-bond donors (Lipinski definition) is 1. The number of aryl methyl sites for hydroxylation is 2. The number of carbonyl (C=O) groups excluding carboxylic acids is 2. The molecule has 0 aliphatic carbocycles. The molecule has 30 heavy (non-hydrogen) atoms. The second kappa shape index (κ2) is 8.97. The number of amides is 1. The summed E-state index contributed by atoms with van der Waals surface area (Å²) in [5, 5.41) is 2.94. The van der Waals surface area contributed by atoms with Crippen molar-refractivity contribution >= 4 is 21.9 Å². The van der Waals surface area contributed by atoms with Crippen molar-refractivity contribution in [2.45, 2.75) is 44.6 Å². The van der Waals surface area contributed by atoms with E-state index in [0.717, 1.165) is 11.1 Å². The van der Waals surface area contributed by atoms with Crippen molar-refractivity contribution in [1.29, 1.82) is 0 Å². The summed E-state index contributed by atoms with van der Waals surface area (Å²) < 4.78 is 32.3. The average molecular weight is 431 g/mol. The van der Waals surface area contributed by atoms with Crippen molar-refractivity contribution in [2.24, 2.45) is 0 Å². The summed E-state index contributed by atoms with van der Waals surface area (Å²) in [4.78, 5) is 23.9. The lowest BCUT2D eigenvalue weighted by molar-refractivity contribution is -0.131. The van der Waals surface area contributed by atoms with Crippen LogP contribution in [0.5, 0.6) is 5.75 Å². The van der Waals surface area contributed by atoms with Crippen LogP contribution in [0, 0.1) is 13.8 Å². The van der Waals surface area contributed by atoms with Gasteiger partial charge in [-0.1, -0.05) is 12.1 Å². The van der Waals surface area contributed by atoms with Crippen LogP contribution in [-0.2, 0) is 14.8 Å². The first-order valence-electron chi connectivity index (χ1n) is 9.83. The number of nitrogens with zero attached hydrogens (tertiary/aromatic N) is 1. The number of hydrogen-bond acceptors (Lipinski definition) is 5. The van der Waals surface area contributed by atoms with Gasteiger partial charge in [-0.2, -0.15) is 4.31 Å². The molecule has 2 aromatic carbocycles. The van der Waals surface area contributed by atoms with Crippen molar-refractivity contribution < 1.29 is 22.7 Å². The van der Waals surface area contributed by atoms with Crippen molar-refractivity contribution in [2.75, 3.05) is 13.1 Å². The first kappa shape index (κ1) is 22.0. The molecule has 3 rings (SSSR count). The third-order valence-corrected chi connectivity index (χ3v) is 7.16. The third-order valence-electron chi connectivity index (χ3n) is 5.26. The van der Waals surface area contributed by atoms with Crippen LogP contribution >= 0.6 is 0 Å². The van der Waals surface area contributed by atoms with Gasteiger partial charge in [0.15, 0.2) is 0 Å². The molecule has 160 valence electrons. The van der Waals surface area contributed by atoms with Crippen LogP contribution < -0.4 is 10.1 Å². The molecule has 0 radical (unpaired) electrons. The molecule has 1 aliphatic heterocycles. The lowest BCUT2D eigenvalue weighted by Crippen LogP contribution is -2.46. The Morgan fingerprint density at radius 3 is 2.37 bits per heavy atom. The van der Waals surface area contributed by atoms with E-state index in [9.17, 15) is 18.0 Å². The summed E-state index contributed by atoms with van der Waals surface area (Å²) in [5.41, 5.74) is 2.38. The highest BCUT2D eigenvalue weighted by Crippen LogP contribution is 2.23. The lowest BCUT2D eigenvalue weighted by atomic mass is 10.1. The third kappa shape index (κ3) is 5.06. The molecule has 0 saturated carbocycles. The van der Waals surface area contributed by atoms with Crippen molar-refractivity contribution in [3.05, 3.63) is 59.2 Å². The van der Waals surface area contributed by atoms with E-state index in [1.807, 2.05) is 19.9 Å². The van der Waals surface area contributed by atoms with Gasteiger partial charge in [-0.25, -0.2) is 8.42 Å². The zero-order chi connectivity index (χ0) is 21.9. The zero-order valence-corrected chi connectivity index (χ0v) is 18.2. The van der Waals surface area contributed by atoms with Gasteiger partial charge in [0.1, 0.15) is 5.75 Å². The van der Waals surface area contributed by atoms with E-state index >= 15 is 0 Å². The number of ether oxygens (including phenoxy) is 1. The highest BCUT2D eigenvalue weighted by Gasteiger charge is 2.30. The summed E-state index contributed by atoms with van der Waals surface area (Å²) in [5.74, 6) is -0.422. The highest BCUT2D eigenvalue weighted by molar-refractivity contribution is 7.89. The number of nitrogens with one attached hydrogen (secondary N) is 1. The number of carbonyl (C=O) groups is 2. The van der Waals surface area contributed by atoms with Crippen molar-refractivity contribution in [3.63, 3.8) is 0 Å². The van der Waals surface area contributed by atoms with Gasteiger partial charge in [0.2, 0.25) is 10.0 Å². The van der Waals surface area contributed by atoms with Gasteiger partial charge in [-0.15, -0.1) is 0 Å². The van der Waals surface area contributed by atoms with Crippen LogP contribution in [-0.4, -0.2) is 43.7 Å². The molecule has 7 nitrogen and oxygen atoms in total. The molecule has 8 heteroatoms. The standard InChI is InChI=1S/C22H26N2O5S/c1-15-7-8-21(13-16(15)2)30(27,28)24-11-9-19(10-12-24)23-22(26)18-5-4-6-20(14-18)29-17(3)25/h4-8,13-14,19H,9-12H2,1-3H3,(H,23,26). The number of benzene rings is 2. The minimum absolute atomic E-state index is 0.124. The van der Waals surface area contributed by atoms with Crippen LogP contribution in [0.3, 0.4) is 0 Å². The smallest absolute Gasteiger partial charge is 0.308 e. The molecule has 1 N–H and O–H groups in total. The average Bonchev–Trinajstić information content (AvgIpc) is 2.70. The Hall–Kier alpha value is -2.71. The SMILES string of the molecule is CC(=O)Oc1cccc(C(=O)NC2CCN(S(=O)(=O)c3ccc(C)c(C)c3)CC2)c1. The Bertz CT molecular complexity index is 1060. The van der Waals surface area contributed by atoms with Crippen LogP contribution in [0.2, 0.25) is 0 Å². The van der Waals surface area contributed by atoms with Crippen molar-refractivity contribution in [1.82, 2.24) is 9.62 Å². The number of esters is 1. The Kier molecular flexibility index (Phi) is 6.58. The fourth-order valence-electron chi connectivity index (χ4n) is 3.40. The molecule has 1 amide bonds. The van der Waals surface area contributed by atoms with E-state index in [1.54, 1.807) is 30.3 Å². The molecule has 2 aromatic rings. The molecule has 1 aliphatic rings. The van der Waals surface area contributed by atoms with Crippen LogP contribution in [0.15, 0.2) is 47.4 Å². The normalized spacial score (nSPS) is 15.6. The van der Waals surface area contributed by atoms with Crippen LogP contribution in [0.25, 0.3) is 0 Å². The van der Waals surface area contributed by atoms with E-state index in [-0.39, 0.29) is 11.9 Å². The van der Waals surface area contributed by atoms with Crippen LogP contribution in [0.1, 0.15) is 41.3 Å². The highest BCUT2D eigenvalue weighted by atomic mass is 32.2. The minimum atomic E-state index is -3.55. The second-order valence-corrected chi connectivity index (χ2v) is 9.46. The van der Waals surface area contributed by atoms with E-state index in [2.05, 4.69) is 5.32 Å². The Morgan fingerprint density at radius 2 is 1.73 bits per heavy atom. The molecule has 0 spiro atoms. The molecular formula is C22H26N2O5S. The maximum Gasteiger partial charge on any atom is 0.308 e. The maximum absolute atomic E-state index is 12.9. The number of piperidine rings is 1. The van der Waals surface area contributed by atoms with Gasteiger partial charge < -0.3 is 10.1 Å². The van der Waals surface area contributed by atoms with E-state index in [4.69, 9.17) is 4.74 Å². The zero-order valence-electron chi connectivity index (χ0n) is 17.3. The second-order valence-electron chi connectivity index (χ2n) is 7.52. The van der Waals surface area contributed by atoms with E-state index < -0.39 is 16.0 Å². The summed E-state index contributed by atoms with van der Waals surface area (Å²) in [6.07, 6.45) is 1.05.